The Morgan fingerprint density at radius 1 is 1.50 bits per heavy atom. The average Bonchev–Trinajstić information content (AvgIpc) is 2.55. The Bertz CT molecular complexity index is 331. The first-order valence-corrected chi connectivity index (χ1v) is 5.36. The Morgan fingerprint density at radius 3 is 2.64 bits per heavy atom. The van der Waals surface area contributed by atoms with E-state index in [2.05, 4.69) is 5.16 Å². The second-order valence-corrected chi connectivity index (χ2v) is 5.06. The lowest BCUT2D eigenvalue weighted by molar-refractivity contribution is 0.312. The number of rotatable bonds is 2. The molecule has 0 amide bonds. The molecule has 0 bridgehead atoms. The molecule has 1 heterocycles. The molecule has 1 N–H and O–H groups in total. The van der Waals surface area contributed by atoms with Gasteiger partial charge in [0.25, 0.3) is 0 Å². The molecular formula is C11H15NOS. The summed E-state index contributed by atoms with van der Waals surface area (Å²) in [5.74, 6) is 0. The van der Waals surface area contributed by atoms with Gasteiger partial charge in [-0.1, -0.05) is 32.0 Å². The van der Waals surface area contributed by atoms with Crippen LogP contribution in [0, 0.1) is 5.41 Å². The molecule has 0 spiro atoms. The lowest BCUT2D eigenvalue weighted by Gasteiger charge is -2.16. The van der Waals surface area contributed by atoms with Crippen molar-refractivity contribution < 1.29 is 5.21 Å². The summed E-state index contributed by atoms with van der Waals surface area (Å²) in [4.78, 5) is 1.16. The van der Waals surface area contributed by atoms with Gasteiger partial charge < -0.3 is 5.21 Å². The number of oxime groups is 1. The van der Waals surface area contributed by atoms with Crippen LogP contribution in [0.3, 0.4) is 0 Å². The van der Waals surface area contributed by atoms with E-state index in [1.807, 2.05) is 50.4 Å². The number of hydrogen-bond acceptors (Lipinski definition) is 3. The van der Waals surface area contributed by atoms with Crippen molar-refractivity contribution in [1.82, 2.24) is 0 Å². The quantitative estimate of drug-likeness (QED) is 0.450. The minimum Gasteiger partial charge on any atom is -0.411 e. The highest BCUT2D eigenvalue weighted by Gasteiger charge is 2.16. The molecule has 3 heteroatoms. The van der Waals surface area contributed by atoms with E-state index in [9.17, 15) is 0 Å². The minimum atomic E-state index is -0.123. The molecule has 0 aliphatic heterocycles. The molecule has 0 radical (unpaired) electrons. The van der Waals surface area contributed by atoms with Crippen LogP contribution in [-0.4, -0.2) is 10.9 Å². The van der Waals surface area contributed by atoms with Crippen LogP contribution in [0.25, 0.3) is 6.08 Å². The van der Waals surface area contributed by atoms with Crippen molar-refractivity contribution >= 4 is 23.1 Å². The molecule has 0 unspecified atom stereocenters. The van der Waals surface area contributed by atoms with Crippen LogP contribution in [0.2, 0.25) is 0 Å². The maximum atomic E-state index is 8.83. The van der Waals surface area contributed by atoms with E-state index in [-0.39, 0.29) is 5.41 Å². The van der Waals surface area contributed by atoms with E-state index in [1.165, 1.54) is 0 Å². The fourth-order valence-corrected chi connectivity index (χ4v) is 1.60. The van der Waals surface area contributed by atoms with Gasteiger partial charge in [0.15, 0.2) is 0 Å². The van der Waals surface area contributed by atoms with Crippen molar-refractivity contribution in [2.45, 2.75) is 20.8 Å². The highest BCUT2D eigenvalue weighted by atomic mass is 32.1. The van der Waals surface area contributed by atoms with Crippen molar-refractivity contribution in [2.24, 2.45) is 10.6 Å². The summed E-state index contributed by atoms with van der Waals surface area (Å²) in [6.45, 7) is 6.04. The molecule has 0 fully saturated rings. The third-order valence-electron chi connectivity index (χ3n) is 1.82. The Kier molecular flexibility index (Phi) is 3.47. The fourth-order valence-electron chi connectivity index (χ4n) is 0.980. The molecule has 0 aromatic carbocycles. The predicted molar refractivity (Wildman–Crippen MR) is 62.0 cm³/mol. The first-order chi connectivity index (χ1) is 6.54. The van der Waals surface area contributed by atoms with E-state index in [0.717, 1.165) is 4.88 Å². The van der Waals surface area contributed by atoms with Gasteiger partial charge in [0, 0.05) is 10.3 Å². The number of allylic oxidation sites excluding steroid dienone is 1. The molecule has 0 atom stereocenters. The van der Waals surface area contributed by atoms with Gasteiger partial charge in [-0.05, 0) is 23.6 Å². The van der Waals surface area contributed by atoms with Crippen LogP contribution < -0.4 is 0 Å². The standard InChI is InChI=1S/C11H15NOS/c1-11(2,3)10(12-13)7-6-9-5-4-8-14-9/h4-8,13H,1-3H3/b7-6+,12-10?. The maximum absolute atomic E-state index is 8.83. The molecule has 2 nitrogen and oxygen atoms in total. The van der Waals surface area contributed by atoms with Crippen molar-refractivity contribution in [3.8, 4) is 0 Å². The molecule has 1 aromatic heterocycles. The Hall–Kier alpha value is -1.09. The third kappa shape index (κ3) is 3.00. The van der Waals surface area contributed by atoms with Gasteiger partial charge in [0.2, 0.25) is 0 Å². The van der Waals surface area contributed by atoms with Crippen LogP contribution in [0.5, 0.6) is 0 Å². The maximum Gasteiger partial charge on any atom is 0.0849 e. The van der Waals surface area contributed by atoms with E-state index in [4.69, 9.17) is 5.21 Å². The Labute approximate surface area is 88.6 Å². The zero-order chi connectivity index (χ0) is 10.6. The molecule has 14 heavy (non-hydrogen) atoms. The molecule has 0 aliphatic rings. The zero-order valence-electron chi connectivity index (χ0n) is 8.69. The monoisotopic (exact) mass is 209 g/mol. The molecular weight excluding hydrogens is 194 g/mol. The molecule has 76 valence electrons. The molecule has 1 rings (SSSR count). The SMILES string of the molecule is CC(C)(C)C(/C=C/c1cccs1)=NO. The number of nitrogens with zero attached hydrogens (tertiary/aromatic N) is 1. The van der Waals surface area contributed by atoms with Gasteiger partial charge in [-0.3, -0.25) is 0 Å². The van der Waals surface area contributed by atoms with Crippen LogP contribution >= 0.6 is 11.3 Å². The summed E-state index contributed by atoms with van der Waals surface area (Å²) in [6, 6.07) is 4.02. The van der Waals surface area contributed by atoms with Gasteiger partial charge in [0.1, 0.15) is 0 Å². The van der Waals surface area contributed by atoms with Crippen LogP contribution in [0.1, 0.15) is 25.6 Å². The first kappa shape index (κ1) is 11.0. The van der Waals surface area contributed by atoms with Crippen LogP contribution in [0.4, 0.5) is 0 Å². The normalized spacial score (nSPS) is 13.8. The van der Waals surface area contributed by atoms with Crippen molar-refractivity contribution in [3.63, 3.8) is 0 Å². The summed E-state index contributed by atoms with van der Waals surface area (Å²) in [6.07, 6.45) is 3.82. The molecule has 0 saturated heterocycles. The number of hydrogen-bond donors (Lipinski definition) is 1. The topological polar surface area (TPSA) is 32.6 Å². The minimum absolute atomic E-state index is 0.123. The predicted octanol–water partition coefficient (Wildman–Crippen LogP) is 3.64. The van der Waals surface area contributed by atoms with E-state index in [0.29, 0.717) is 5.71 Å². The third-order valence-corrected chi connectivity index (χ3v) is 2.66. The van der Waals surface area contributed by atoms with Gasteiger partial charge >= 0.3 is 0 Å². The Morgan fingerprint density at radius 2 is 2.21 bits per heavy atom. The van der Waals surface area contributed by atoms with E-state index in [1.54, 1.807) is 11.3 Å². The molecule has 1 aromatic rings. The number of thiophene rings is 1. The molecule has 0 aliphatic carbocycles. The summed E-state index contributed by atoms with van der Waals surface area (Å²) in [5.41, 5.74) is 0.564. The largest absolute Gasteiger partial charge is 0.411 e. The van der Waals surface area contributed by atoms with Crippen molar-refractivity contribution in [3.05, 3.63) is 28.5 Å². The van der Waals surface area contributed by atoms with Crippen molar-refractivity contribution in [1.29, 1.82) is 0 Å². The first-order valence-electron chi connectivity index (χ1n) is 4.48. The van der Waals surface area contributed by atoms with E-state index < -0.39 is 0 Å². The van der Waals surface area contributed by atoms with Gasteiger partial charge in [-0.25, -0.2) is 0 Å². The van der Waals surface area contributed by atoms with Crippen molar-refractivity contribution in [2.75, 3.05) is 0 Å². The summed E-state index contributed by atoms with van der Waals surface area (Å²) in [7, 11) is 0. The second-order valence-electron chi connectivity index (χ2n) is 4.08. The summed E-state index contributed by atoms with van der Waals surface area (Å²) >= 11 is 1.66. The van der Waals surface area contributed by atoms with Gasteiger partial charge in [-0.2, -0.15) is 0 Å². The fraction of sp³-hybridized carbons (Fsp3) is 0.364. The summed E-state index contributed by atoms with van der Waals surface area (Å²) < 4.78 is 0. The van der Waals surface area contributed by atoms with Gasteiger partial charge in [0.05, 0.1) is 5.71 Å². The smallest absolute Gasteiger partial charge is 0.0849 e. The molecule has 0 saturated carbocycles. The second kappa shape index (κ2) is 4.42. The van der Waals surface area contributed by atoms with Crippen LogP contribution in [0.15, 0.2) is 28.7 Å². The summed E-state index contributed by atoms with van der Waals surface area (Å²) in [5, 5.41) is 14.1. The van der Waals surface area contributed by atoms with E-state index >= 15 is 0 Å². The lowest BCUT2D eigenvalue weighted by atomic mass is 9.90. The zero-order valence-corrected chi connectivity index (χ0v) is 9.51. The Balaban J connectivity index is 2.77. The highest BCUT2D eigenvalue weighted by Crippen LogP contribution is 2.18. The van der Waals surface area contributed by atoms with Crippen LogP contribution in [-0.2, 0) is 0 Å². The average molecular weight is 209 g/mol. The highest BCUT2D eigenvalue weighted by molar-refractivity contribution is 7.10. The lowest BCUT2D eigenvalue weighted by Crippen LogP contribution is -2.17. The van der Waals surface area contributed by atoms with Gasteiger partial charge in [-0.15, -0.1) is 11.3 Å².